The summed E-state index contributed by atoms with van der Waals surface area (Å²) in [5.41, 5.74) is 0.310. The van der Waals surface area contributed by atoms with E-state index in [1.54, 1.807) is 6.07 Å². The Kier molecular flexibility index (Phi) is 5.26. The van der Waals surface area contributed by atoms with Gasteiger partial charge in [0.1, 0.15) is 5.15 Å². The lowest BCUT2D eigenvalue weighted by atomic mass is 10.0. The van der Waals surface area contributed by atoms with Crippen molar-refractivity contribution in [1.82, 2.24) is 4.98 Å². The predicted molar refractivity (Wildman–Crippen MR) is 82.7 cm³/mol. The number of pyridine rings is 1. The van der Waals surface area contributed by atoms with E-state index in [4.69, 9.17) is 16.3 Å². The molecule has 0 aliphatic heterocycles. The van der Waals surface area contributed by atoms with E-state index in [0.717, 1.165) is 0 Å². The third-order valence-corrected chi connectivity index (χ3v) is 3.71. The number of carbonyl (C=O) groups excluding carboxylic acids is 2. The molecule has 0 aliphatic carbocycles. The molecule has 1 heterocycles. The molecular weight excluding hydrogens is 377 g/mol. The van der Waals surface area contributed by atoms with Crippen LogP contribution in [0.1, 0.15) is 22.8 Å². The summed E-state index contributed by atoms with van der Waals surface area (Å²) in [5.74, 6) is -2.04. The first kappa shape index (κ1) is 16.6. The number of nitrogens with zero attached hydrogens (tertiary/aromatic N) is 1. The van der Waals surface area contributed by atoms with Gasteiger partial charge in [-0.25, -0.2) is 9.37 Å². The molecule has 0 amide bonds. The fourth-order valence-corrected chi connectivity index (χ4v) is 2.42. The summed E-state index contributed by atoms with van der Waals surface area (Å²) >= 11 is 8.95. The Bertz CT molecular complexity index is 752. The number of ether oxygens (including phenoxy) is 1. The molecule has 0 radical (unpaired) electrons. The zero-order valence-corrected chi connectivity index (χ0v) is 13.7. The van der Waals surface area contributed by atoms with Gasteiger partial charge in [0.2, 0.25) is 0 Å². The van der Waals surface area contributed by atoms with E-state index in [9.17, 15) is 14.0 Å². The number of aromatic nitrogens is 1. The van der Waals surface area contributed by atoms with Crippen LogP contribution in [0, 0.1) is 5.82 Å². The van der Waals surface area contributed by atoms with Crippen LogP contribution in [0.4, 0.5) is 4.39 Å². The fourth-order valence-electron chi connectivity index (χ4n) is 1.81. The Morgan fingerprint density at radius 3 is 2.73 bits per heavy atom. The molecule has 0 fully saturated rings. The molecule has 1 aromatic heterocycles. The van der Waals surface area contributed by atoms with Crippen molar-refractivity contribution in [3.8, 4) is 5.75 Å². The van der Waals surface area contributed by atoms with Crippen LogP contribution in [0.3, 0.4) is 0 Å². The quantitative estimate of drug-likeness (QED) is 0.345. The maximum atomic E-state index is 14.4. The van der Waals surface area contributed by atoms with Gasteiger partial charge in [-0.2, -0.15) is 0 Å². The van der Waals surface area contributed by atoms with Crippen LogP contribution in [-0.2, 0) is 11.2 Å². The lowest BCUT2D eigenvalue weighted by molar-refractivity contribution is -0.132. The van der Waals surface area contributed by atoms with Crippen LogP contribution in [0.15, 0.2) is 34.9 Å². The maximum absolute atomic E-state index is 14.4. The molecule has 0 bridgehead atoms. The van der Waals surface area contributed by atoms with Crippen LogP contribution in [0.25, 0.3) is 0 Å². The number of halogens is 3. The summed E-state index contributed by atoms with van der Waals surface area (Å²) < 4.78 is 19.5. The number of benzene rings is 1. The summed E-state index contributed by atoms with van der Waals surface area (Å²) in [5, 5.41) is 0.0604. The molecule has 2 rings (SSSR count). The zero-order chi connectivity index (χ0) is 16.3. The molecule has 4 nitrogen and oxygen atoms in total. The molecule has 0 atom stereocenters. The number of ketones is 1. The number of hydrogen-bond donors (Lipinski definition) is 0. The molecule has 0 N–H and O–H groups in total. The van der Waals surface area contributed by atoms with E-state index in [-0.39, 0.29) is 38.7 Å². The molecule has 7 heteroatoms. The van der Waals surface area contributed by atoms with E-state index >= 15 is 0 Å². The van der Waals surface area contributed by atoms with E-state index in [0.29, 0.717) is 0 Å². The Morgan fingerprint density at radius 1 is 1.36 bits per heavy atom. The minimum Gasteiger partial charge on any atom is -0.422 e. The van der Waals surface area contributed by atoms with E-state index < -0.39 is 11.8 Å². The average Bonchev–Trinajstić information content (AvgIpc) is 2.46. The predicted octanol–water partition coefficient (Wildman–Crippen LogP) is 3.99. The van der Waals surface area contributed by atoms with Crippen molar-refractivity contribution in [2.24, 2.45) is 0 Å². The van der Waals surface area contributed by atoms with Crippen LogP contribution in [0.2, 0.25) is 5.15 Å². The number of carbonyl (C=O) groups is 2. The molecule has 0 unspecified atom stereocenters. The second kappa shape index (κ2) is 6.98. The fraction of sp³-hybridized carbons (Fsp3) is 0.133. The van der Waals surface area contributed by atoms with Crippen molar-refractivity contribution in [3.63, 3.8) is 0 Å². The first-order chi connectivity index (χ1) is 10.4. The number of rotatable bonds is 4. The molecule has 0 saturated carbocycles. The minimum atomic E-state index is -0.766. The Balaban J connectivity index is 2.32. The lowest BCUT2D eigenvalue weighted by Crippen LogP contribution is -2.09. The van der Waals surface area contributed by atoms with Gasteiger partial charge in [-0.1, -0.05) is 17.7 Å². The Morgan fingerprint density at radius 2 is 2.09 bits per heavy atom. The van der Waals surface area contributed by atoms with Gasteiger partial charge < -0.3 is 4.74 Å². The molecule has 114 valence electrons. The normalized spacial score (nSPS) is 10.4. The second-order valence-corrected chi connectivity index (χ2v) is 5.60. The SMILES string of the molecule is CC(=O)Oc1c(Br)ccc(CC(=O)c2cccnc2Cl)c1F. The largest absolute Gasteiger partial charge is 0.422 e. The van der Waals surface area contributed by atoms with Crippen molar-refractivity contribution < 1.29 is 18.7 Å². The first-order valence-electron chi connectivity index (χ1n) is 6.19. The van der Waals surface area contributed by atoms with Gasteiger partial charge in [-0.05, 0) is 39.7 Å². The summed E-state index contributed by atoms with van der Waals surface area (Å²) in [7, 11) is 0. The van der Waals surface area contributed by atoms with Crippen molar-refractivity contribution in [2.45, 2.75) is 13.3 Å². The first-order valence-corrected chi connectivity index (χ1v) is 7.36. The van der Waals surface area contributed by atoms with E-state index in [2.05, 4.69) is 20.9 Å². The summed E-state index contributed by atoms with van der Waals surface area (Å²) in [6.07, 6.45) is 1.23. The molecule has 0 aliphatic rings. The van der Waals surface area contributed by atoms with Crippen LogP contribution in [0.5, 0.6) is 5.75 Å². The number of hydrogen-bond acceptors (Lipinski definition) is 4. The van der Waals surface area contributed by atoms with Gasteiger partial charge in [0.25, 0.3) is 0 Å². The summed E-state index contributed by atoms with van der Waals surface area (Å²) in [6, 6.07) is 6.03. The smallest absolute Gasteiger partial charge is 0.308 e. The standard InChI is InChI=1S/C15H10BrClFNO3/c1-8(20)22-14-11(16)5-4-9(13(14)18)7-12(21)10-3-2-6-19-15(10)17/h2-6H,7H2,1H3. The Labute approximate surface area is 139 Å². The van der Waals surface area contributed by atoms with Gasteiger partial charge in [-0.3, -0.25) is 9.59 Å². The van der Waals surface area contributed by atoms with Gasteiger partial charge in [0.15, 0.2) is 17.3 Å². The highest BCUT2D eigenvalue weighted by molar-refractivity contribution is 9.10. The molecule has 0 spiro atoms. The van der Waals surface area contributed by atoms with Crippen LogP contribution >= 0.6 is 27.5 Å². The molecule has 2 aromatic rings. The highest BCUT2D eigenvalue weighted by atomic mass is 79.9. The summed E-state index contributed by atoms with van der Waals surface area (Å²) in [4.78, 5) is 27.0. The topological polar surface area (TPSA) is 56.3 Å². The van der Waals surface area contributed by atoms with Crippen molar-refractivity contribution in [3.05, 3.63) is 57.0 Å². The maximum Gasteiger partial charge on any atom is 0.308 e. The Hall–Kier alpha value is -1.79. The van der Waals surface area contributed by atoms with E-state index in [1.807, 2.05) is 0 Å². The van der Waals surface area contributed by atoms with Crippen LogP contribution < -0.4 is 4.74 Å². The van der Waals surface area contributed by atoms with Gasteiger partial charge in [0, 0.05) is 19.5 Å². The molecule has 22 heavy (non-hydrogen) atoms. The van der Waals surface area contributed by atoms with Gasteiger partial charge in [-0.15, -0.1) is 0 Å². The van der Waals surface area contributed by atoms with Crippen molar-refractivity contribution >= 4 is 39.3 Å². The molecular formula is C15H10BrClFNO3. The van der Waals surface area contributed by atoms with Crippen LogP contribution in [-0.4, -0.2) is 16.7 Å². The summed E-state index contributed by atoms with van der Waals surface area (Å²) in [6.45, 7) is 1.17. The van der Waals surface area contributed by atoms with Crippen molar-refractivity contribution in [2.75, 3.05) is 0 Å². The minimum absolute atomic E-state index is 0.0604. The number of esters is 1. The molecule has 1 aromatic carbocycles. The third-order valence-electron chi connectivity index (χ3n) is 2.79. The van der Waals surface area contributed by atoms with Gasteiger partial charge in [0.05, 0.1) is 10.0 Å². The zero-order valence-electron chi connectivity index (χ0n) is 11.4. The van der Waals surface area contributed by atoms with Crippen molar-refractivity contribution in [1.29, 1.82) is 0 Å². The average molecular weight is 387 g/mol. The highest BCUT2D eigenvalue weighted by Crippen LogP contribution is 2.31. The molecule has 0 saturated heterocycles. The number of Topliss-reactive ketones (excluding diaryl/α,β-unsaturated/α-hetero) is 1. The monoisotopic (exact) mass is 385 g/mol. The highest BCUT2D eigenvalue weighted by Gasteiger charge is 2.19. The third kappa shape index (κ3) is 3.69. The lowest BCUT2D eigenvalue weighted by Gasteiger charge is -2.10. The second-order valence-electron chi connectivity index (χ2n) is 4.38. The van der Waals surface area contributed by atoms with Gasteiger partial charge >= 0.3 is 5.97 Å². The van der Waals surface area contributed by atoms with E-state index in [1.165, 1.54) is 31.3 Å².